The van der Waals surface area contributed by atoms with Crippen molar-refractivity contribution in [1.29, 1.82) is 0 Å². The Hall–Kier alpha value is -1.30. The van der Waals surface area contributed by atoms with Crippen molar-refractivity contribution in [3.63, 3.8) is 0 Å². The van der Waals surface area contributed by atoms with Crippen molar-refractivity contribution in [3.8, 4) is 0 Å². The fourth-order valence-electron chi connectivity index (χ4n) is 1.68. The molecule has 1 heterocycles. The van der Waals surface area contributed by atoms with Crippen LogP contribution in [0.5, 0.6) is 0 Å². The van der Waals surface area contributed by atoms with Gasteiger partial charge in [-0.3, -0.25) is 9.59 Å². The van der Waals surface area contributed by atoms with Crippen LogP contribution in [0.2, 0.25) is 0 Å². The van der Waals surface area contributed by atoms with Crippen LogP contribution in [0.15, 0.2) is 21.4 Å². The van der Waals surface area contributed by atoms with E-state index in [4.69, 9.17) is 9.52 Å². The molecule has 0 saturated heterocycles. The van der Waals surface area contributed by atoms with Crippen LogP contribution in [0.4, 0.5) is 0 Å². The van der Waals surface area contributed by atoms with E-state index in [9.17, 15) is 9.59 Å². The molecule has 0 saturated carbocycles. The highest BCUT2D eigenvalue weighted by Crippen LogP contribution is 2.17. The van der Waals surface area contributed by atoms with Crippen LogP contribution in [-0.4, -0.2) is 23.0 Å². The summed E-state index contributed by atoms with van der Waals surface area (Å²) < 4.78 is 5.41. The van der Waals surface area contributed by atoms with E-state index in [-0.39, 0.29) is 17.9 Å². The molecule has 0 radical (unpaired) electrons. The molecule has 5 nitrogen and oxygen atoms in total. The maximum absolute atomic E-state index is 11.8. The summed E-state index contributed by atoms with van der Waals surface area (Å²) in [6.45, 7) is 3.59. The number of halogens is 1. The van der Waals surface area contributed by atoms with E-state index in [0.29, 0.717) is 16.7 Å². The number of hydrogen-bond acceptors (Lipinski definition) is 3. The van der Waals surface area contributed by atoms with Gasteiger partial charge >= 0.3 is 5.97 Å². The number of carboxylic acid groups (broad SMARTS) is 1. The zero-order valence-electron chi connectivity index (χ0n) is 11.0. The van der Waals surface area contributed by atoms with Gasteiger partial charge in [0.2, 0.25) is 0 Å². The Labute approximate surface area is 120 Å². The summed E-state index contributed by atoms with van der Waals surface area (Å²) in [5, 5.41) is 11.6. The molecule has 0 aliphatic carbocycles. The quantitative estimate of drug-likeness (QED) is 0.804. The number of carboxylic acids is 1. The van der Waals surface area contributed by atoms with Crippen LogP contribution in [0, 0.1) is 5.92 Å². The van der Waals surface area contributed by atoms with Gasteiger partial charge in [0, 0.05) is 6.04 Å². The maximum Gasteiger partial charge on any atom is 0.306 e. The number of aliphatic carboxylic acids is 1. The summed E-state index contributed by atoms with van der Waals surface area (Å²) in [5.74, 6) is -1.32. The van der Waals surface area contributed by atoms with E-state index in [2.05, 4.69) is 21.2 Å². The van der Waals surface area contributed by atoms with Crippen molar-refractivity contribution in [3.05, 3.63) is 22.6 Å². The van der Waals surface area contributed by atoms with Gasteiger partial charge in [-0.05, 0) is 41.8 Å². The second-order valence-electron chi connectivity index (χ2n) is 4.65. The second kappa shape index (κ2) is 7.33. The third-order valence-electron chi connectivity index (χ3n) is 2.94. The normalized spacial score (nSPS) is 13.8. The number of carbonyl (C=O) groups excluding carboxylic acids is 1. The van der Waals surface area contributed by atoms with E-state index in [1.54, 1.807) is 13.0 Å². The molecular weight excluding hydrogens is 314 g/mol. The highest BCUT2D eigenvalue weighted by atomic mass is 79.9. The van der Waals surface area contributed by atoms with E-state index in [1.165, 1.54) is 6.26 Å². The van der Waals surface area contributed by atoms with Crippen molar-refractivity contribution in [2.24, 2.45) is 5.92 Å². The number of amides is 1. The first-order valence-corrected chi connectivity index (χ1v) is 6.97. The first-order chi connectivity index (χ1) is 8.91. The zero-order chi connectivity index (χ0) is 14.4. The minimum atomic E-state index is -0.779. The molecule has 1 rings (SSSR count). The van der Waals surface area contributed by atoms with Gasteiger partial charge in [-0.25, -0.2) is 0 Å². The Morgan fingerprint density at radius 1 is 1.42 bits per heavy atom. The van der Waals surface area contributed by atoms with Crippen LogP contribution >= 0.6 is 15.9 Å². The lowest BCUT2D eigenvalue weighted by Crippen LogP contribution is -2.32. The van der Waals surface area contributed by atoms with Gasteiger partial charge in [0.1, 0.15) is 0 Å². The zero-order valence-corrected chi connectivity index (χ0v) is 12.6. The van der Waals surface area contributed by atoms with Crippen LogP contribution in [-0.2, 0) is 4.79 Å². The average Bonchev–Trinajstić information content (AvgIpc) is 2.75. The third-order valence-corrected chi connectivity index (χ3v) is 3.55. The van der Waals surface area contributed by atoms with Gasteiger partial charge in [0.25, 0.3) is 5.91 Å². The molecule has 106 valence electrons. The van der Waals surface area contributed by atoms with Crippen molar-refractivity contribution in [2.45, 2.75) is 39.2 Å². The monoisotopic (exact) mass is 331 g/mol. The average molecular weight is 332 g/mol. The molecule has 6 heteroatoms. The molecule has 0 aliphatic heterocycles. The van der Waals surface area contributed by atoms with Gasteiger partial charge in [-0.15, -0.1) is 0 Å². The van der Waals surface area contributed by atoms with Gasteiger partial charge in [-0.1, -0.05) is 13.3 Å². The topological polar surface area (TPSA) is 79.5 Å². The Kier molecular flexibility index (Phi) is 6.08. The predicted molar refractivity (Wildman–Crippen MR) is 74.0 cm³/mol. The fourth-order valence-corrected chi connectivity index (χ4v) is 2.10. The summed E-state index contributed by atoms with van der Waals surface area (Å²) in [6.07, 6.45) is 3.57. The second-order valence-corrected chi connectivity index (χ2v) is 5.37. The molecule has 1 aromatic heterocycles. The Morgan fingerprint density at radius 2 is 2.11 bits per heavy atom. The summed E-state index contributed by atoms with van der Waals surface area (Å²) in [7, 11) is 0. The molecule has 1 aromatic rings. The molecule has 0 bridgehead atoms. The van der Waals surface area contributed by atoms with Gasteiger partial charge in [0.05, 0.1) is 17.7 Å². The number of carbonyl (C=O) groups is 2. The summed E-state index contributed by atoms with van der Waals surface area (Å²) in [4.78, 5) is 22.5. The summed E-state index contributed by atoms with van der Waals surface area (Å²) >= 11 is 3.15. The van der Waals surface area contributed by atoms with Crippen LogP contribution in [0.3, 0.4) is 0 Å². The van der Waals surface area contributed by atoms with Gasteiger partial charge < -0.3 is 14.8 Å². The number of nitrogens with one attached hydrogen (secondary N) is 1. The van der Waals surface area contributed by atoms with Crippen molar-refractivity contribution in [2.75, 3.05) is 0 Å². The summed E-state index contributed by atoms with van der Waals surface area (Å²) in [6, 6.07) is 1.59. The van der Waals surface area contributed by atoms with E-state index in [1.807, 2.05) is 6.92 Å². The Morgan fingerprint density at radius 3 is 2.63 bits per heavy atom. The van der Waals surface area contributed by atoms with E-state index >= 15 is 0 Å². The fraction of sp³-hybridized carbons (Fsp3) is 0.538. The minimum absolute atomic E-state index is 0.00436. The van der Waals surface area contributed by atoms with Crippen molar-refractivity contribution in [1.82, 2.24) is 5.32 Å². The maximum atomic E-state index is 11.8. The lowest BCUT2D eigenvalue weighted by atomic mass is 10.0. The van der Waals surface area contributed by atoms with Crippen molar-refractivity contribution < 1.29 is 19.1 Å². The van der Waals surface area contributed by atoms with Crippen molar-refractivity contribution >= 4 is 27.8 Å². The molecular formula is C13H18BrNO4. The molecule has 2 atom stereocenters. The first kappa shape index (κ1) is 15.8. The number of furan rings is 1. The molecule has 19 heavy (non-hydrogen) atoms. The standard InChI is InChI=1S/C13H18BrNO4/c1-8(13(17)18)4-3-5-9(2)15-12(16)10-6-7-19-11(10)14/h6-9H,3-5H2,1-2H3,(H,15,16)(H,17,18). The lowest BCUT2D eigenvalue weighted by molar-refractivity contribution is -0.141. The minimum Gasteiger partial charge on any atom is -0.481 e. The molecule has 0 spiro atoms. The van der Waals surface area contributed by atoms with Crippen LogP contribution < -0.4 is 5.32 Å². The molecule has 1 amide bonds. The lowest BCUT2D eigenvalue weighted by Gasteiger charge is -2.14. The highest BCUT2D eigenvalue weighted by molar-refractivity contribution is 9.10. The molecule has 2 N–H and O–H groups in total. The van der Waals surface area contributed by atoms with E-state index < -0.39 is 5.97 Å². The largest absolute Gasteiger partial charge is 0.481 e. The number of rotatable bonds is 7. The van der Waals surface area contributed by atoms with E-state index in [0.717, 1.165) is 12.8 Å². The number of hydrogen-bond donors (Lipinski definition) is 2. The molecule has 0 aliphatic rings. The predicted octanol–water partition coefficient (Wildman–Crippen LogP) is 3.05. The Balaban J connectivity index is 2.32. The van der Waals surface area contributed by atoms with Gasteiger partial charge in [-0.2, -0.15) is 0 Å². The molecule has 0 aromatic carbocycles. The molecule has 2 unspecified atom stereocenters. The smallest absolute Gasteiger partial charge is 0.306 e. The SMILES string of the molecule is CC(CCCC(C)C(=O)O)NC(=O)c1ccoc1Br. The third kappa shape index (κ3) is 5.06. The highest BCUT2D eigenvalue weighted by Gasteiger charge is 2.16. The van der Waals surface area contributed by atoms with Crippen LogP contribution in [0.1, 0.15) is 43.5 Å². The summed E-state index contributed by atoms with van der Waals surface area (Å²) in [5.41, 5.74) is 0.464. The van der Waals surface area contributed by atoms with Gasteiger partial charge in [0.15, 0.2) is 4.67 Å². The van der Waals surface area contributed by atoms with Crippen LogP contribution in [0.25, 0.3) is 0 Å². The Bertz CT molecular complexity index is 444. The first-order valence-electron chi connectivity index (χ1n) is 6.18. The molecule has 0 fully saturated rings.